The van der Waals surface area contributed by atoms with Gasteiger partial charge < -0.3 is 0 Å². The van der Waals surface area contributed by atoms with E-state index in [0.29, 0.717) is 12.0 Å². The van der Waals surface area contributed by atoms with Gasteiger partial charge in [-0.3, -0.25) is 0 Å². The SMILES string of the molecule is CCCCCc1ccc(/C(F)=C(\F)c2ccc(C)cc2)cc1F. The van der Waals surface area contributed by atoms with E-state index in [1.807, 2.05) is 6.92 Å². The smallest absolute Gasteiger partial charge is 0.166 e. The molecule has 0 saturated heterocycles. The maximum Gasteiger partial charge on any atom is 0.166 e. The Morgan fingerprint density at radius 2 is 1.48 bits per heavy atom. The van der Waals surface area contributed by atoms with Crippen molar-refractivity contribution in [2.24, 2.45) is 0 Å². The highest BCUT2D eigenvalue weighted by Gasteiger charge is 2.13. The summed E-state index contributed by atoms with van der Waals surface area (Å²) in [5.74, 6) is -2.48. The Bertz CT molecular complexity index is 685. The number of aryl methyl sites for hydroxylation is 2. The fourth-order valence-corrected chi connectivity index (χ4v) is 2.41. The summed E-state index contributed by atoms with van der Waals surface area (Å²) in [7, 11) is 0. The van der Waals surface area contributed by atoms with Gasteiger partial charge in [-0.25, -0.2) is 13.2 Å². The Kier molecular flexibility index (Phi) is 6.03. The van der Waals surface area contributed by atoms with Gasteiger partial charge in [0.1, 0.15) is 5.82 Å². The number of rotatable bonds is 6. The van der Waals surface area contributed by atoms with E-state index in [-0.39, 0.29) is 11.1 Å². The quantitative estimate of drug-likeness (QED) is 0.414. The van der Waals surface area contributed by atoms with Gasteiger partial charge in [-0.15, -0.1) is 0 Å². The van der Waals surface area contributed by atoms with Crippen molar-refractivity contribution in [3.63, 3.8) is 0 Å². The molecule has 23 heavy (non-hydrogen) atoms. The molecule has 0 bridgehead atoms. The average Bonchev–Trinajstić information content (AvgIpc) is 2.56. The number of unbranched alkanes of at least 4 members (excludes halogenated alkanes) is 2. The lowest BCUT2D eigenvalue weighted by Crippen LogP contribution is -1.93. The molecule has 0 fully saturated rings. The number of hydrogen-bond donors (Lipinski definition) is 0. The van der Waals surface area contributed by atoms with Gasteiger partial charge in [-0.1, -0.05) is 61.7 Å². The van der Waals surface area contributed by atoms with Crippen LogP contribution in [0.5, 0.6) is 0 Å². The van der Waals surface area contributed by atoms with Gasteiger partial charge in [-0.05, 0) is 31.4 Å². The van der Waals surface area contributed by atoms with Crippen molar-refractivity contribution in [3.05, 3.63) is 70.5 Å². The first-order chi connectivity index (χ1) is 11.0. The fraction of sp³-hybridized carbons (Fsp3) is 0.300. The second-order valence-electron chi connectivity index (χ2n) is 5.76. The summed E-state index contributed by atoms with van der Waals surface area (Å²) >= 11 is 0. The third-order valence-electron chi connectivity index (χ3n) is 3.85. The standard InChI is InChI=1S/C20H21F3/c1-3-4-5-6-15-11-12-17(13-18(15)21)20(23)19(22)16-9-7-14(2)8-10-16/h7-13H,3-6H2,1-2H3/b20-19+. The molecule has 0 heterocycles. The van der Waals surface area contributed by atoms with Crippen molar-refractivity contribution in [2.75, 3.05) is 0 Å². The first-order valence-electron chi connectivity index (χ1n) is 7.94. The first kappa shape index (κ1) is 17.3. The predicted octanol–water partition coefficient (Wildman–Crippen LogP) is 6.63. The van der Waals surface area contributed by atoms with E-state index in [2.05, 4.69) is 6.92 Å². The maximum absolute atomic E-state index is 14.3. The van der Waals surface area contributed by atoms with Gasteiger partial charge >= 0.3 is 0 Å². The van der Waals surface area contributed by atoms with Crippen molar-refractivity contribution in [1.82, 2.24) is 0 Å². The van der Waals surface area contributed by atoms with Crippen LogP contribution in [0.1, 0.15) is 48.4 Å². The minimum absolute atomic E-state index is 0.0696. The monoisotopic (exact) mass is 318 g/mol. The van der Waals surface area contributed by atoms with Gasteiger partial charge in [-0.2, -0.15) is 0 Å². The van der Waals surface area contributed by atoms with Crippen molar-refractivity contribution >= 4 is 11.7 Å². The van der Waals surface area contributed by atoms with Crippen molar-refractivity contribution in [3.8, 4) is 0 Å². The molecule has 0 nitrogen and oxygen atoms in total. The predicted molar refractivity (Wildman–Crippen MR) is 89.8 cm³/mol. The highest BCUT2D eigenvalue weighted by Crippen LogP contribution is 2.30. The number of hydrogen-bond acceptors (Lipinski definition) is 0. The molecule has 0 aliphatic carbocycles. The number of halogens is 3. The fourth-order valence-electron chi connectivity index (χ4n) is 2.41. The van der Waals surface area contributed by atoms with Crippen molar-refractivity contribution in [1.29, 1.82) is 0 Å². The van der Waals surface area contributed by atoms with Crippen LogP contribution >= 0.6 is 0 Å². The molecule has 2 rings (SSSR count). The van der Waals surface area contributed by atoms with E-state index in [1.54, 1.807) is 18.2 Å². The minimum atomic E-state index is -1.03. The van der Waals surface area contributed by atoms with Crippen LogP contribution in [0.15, 0.2) is 42.5 Å². The second kappa shape index (κ2) is 8.00. The lowest BCUT2D eigenvalue weighted by molar-refractivity contribution is 0.597. The van der Waals surface area contributed by atoms with Crippen LogP contribution in [0.3, 0.4) is 0 Å². The zero-order valence-corrected chi connectivity index (χ0v) is 13.5. The highest BCUT2D eigenvalue weighted by atomic mass is 19.2. The summed E-state index contributed by atoms with van der Waals surface area (Å²) in [5, 5.41) is 0. The summed E-state index contributed by atoms with van der Waals surface area (Å²) < 4.78 is 42.5. The Hall–Kier alpha value is -2.03. The summed E-state index contributed by atoms with van der Waals surface area (Å²) in [6.07, 6.45) is 3.59. The normalized spacial score (nSPS) is 12.2. The van der Waals surface area contributed by atoms with Crippen molar-refractivity contribution < 1.29 is 13.2 Å². The second-order valence-corrected chi connectivity index (χ2v) is 5.76. The molecule has 3 heteroatoms. The zero-order valence-electron chi connectivity index (χ0n) is 13.5. The molecular formula is C20H21F3. The molecule has 0 spiro atoms. The third-order valence-corrected chi connectivity index (χ3v) is 3.85. The summed E-state index contributed by atoms with van der Waals surface area (Å²) in [6.45, 7) is 3.95. The van der Waals surface area contributed by atoms with Crippen LogP contribution in [0.25, 0.3) is 11.7 Å². The molecule has 0 radical (unpaired) electrons. The van der Waals surface area contributed by atoms with E-state index in [4.69, 9.17) is 0 Å². The molecule has 2 aromatic carbocycles. The van der Waals surface area contributed by atoms with E-state index < -0.39 is 17.5 Å². The van der Waals surface area contributed by atoms with Crippen LogP contribution in [0.2, 0.25) is 0 Å². The van der Waals surface area contributed by atoms with Gasteiger partial charge in [0.15, 0.2) is 11.7 Å². The van der Waals surface area contributed by atoms with Crippen molar-refractivity contribution in [2.45, 2.75) is 39.5 Å². The first-order valence-corrected chi connectivity index (χ1v) is 7.94. The molecule has 0 N–H and O–H groups in total. The summed E-state index contributed by atoms with van der Waals surface area (Å²) in [5.41, 5.74) is 1.59. The Morgan fingerprint density at radius 1 is 0.870 bits per heavy atom. The molecular weight excluding hydrogens is 297 g/mol. The molecule has 0 atom stereocenters. The van der Waals surface area contributed by atoms with Crippen LogP contribution in [0.4, 0.5) is 13.2 Å². The molecule has 0 unspecified atom stereocenters. The molecule has 0 amide bonds. The highest BCUT2D eigenvalue weighted by molar-refractivity contribution is 5.83. The Balaban J connectivity index is 2.24. The lowest BCUT2D eigenvalue weighted by Gasteiger charge is -2.06. The van der Waals surface area contributed by atoms with E-state index >= 15 is 0 Å². The van der Waals surface area contributed by atoms with Crippen LogP contribution in [0, 0.1) is 12.7 Å². The topological polar surface area (TPSA) is 0 Å². The van der Waals surface area contributed by atoms with Gasteiger partial charge in [0.05, 0.1) is 0 Å². The van der Waals surface area contributed by atoms with Crippen LogP contribution in [-0.4, -0.2) is 0 Å². The molecule has 0 saturated carbocycles. The largest absolute Gasteiger partial charge is 0.207 e. The Morgan fingerprint density at radius 3 is 2.09 bits per heavy atom. The molecule has 0 aromatic heterocycles. The van der Waals surface area contributed by atoms with E-state index in [0.717, 1.165) is 30.9 Å². The third kappa shape index (κ3) is 4.47. The zero-order chi connectivity index (χ0) is 16.8. The number of benzene rings is 2. The van der Waals surface area contributed by atoms with E-state index in [1.165, 1.54) is 18.2 Å². The molecule has 0 aliphatic heterocycles. The van der Waals surface area contributed by atoms with Crippen LogP contribution < -0.4 is 0 Å². The lowest BCUT2D eigenvalue weighted by atomic mass is 10.0. The van der Waals surface area contributed by atoms with Gasteiger partial charge in [0, 0.05) is 11.1 Å². The molecule has 2 aromatic rings. The van der Waals surface area contributed by atoms with E-state index in [9.17, 15) is 13.2 Å². The molecule has 122 valence electrons. The van der Waals surface area contributed by atoms with Crippen LogP contribution in [-0.2, 0) is 6.42 Å². The van der Waals surface area contributed by atoms with Gasteiger partial charge in [0.25, 0.3) is 0 Å². The average molecular weight is 318 g/mol. The van der Waals surface area contributed by atoms with Gasteiger partial charge in [0.2, 0.25) is 0 Å². The summed E-state index contributed by atoms with van der Waals surface area (Å²) in [6, 6.07) is 10.5. The summed E-state index contributed by atoms with van der Waals surface area (Å²) in [4.78, 5) is 0. The maximum atomic E-state index is 14.3. The Labute approximate surface area is 135 Å². The molecule has 0 aliphatic rings. The minimum Gasteiger partial charge on any atom is -0.207 e.